The zero-order valence-electron chi connectivity index (χ0n) is 16.9. The first-order valence-corrected chi connectivity index (χ1v) is 10.8. The molecule has 0 radical (unpaired) electrons. The van der Waals surface area contributed by atoms with Crippen LogP contribution < -0.4 is 5.56 Å². The third kappa shape index (κ3) is 3.74. The van der Waals surface area contributed by atoms with Crippen LogP contribution in [0.3, 0.4) is 0 Å². The Hall–Kier alpha value is -3.01. The number of hydrogen-bond acceptors (Lipinski definition) is 2. The van der Waals surface area contributed by atoms with Crippen LogP contribution in [-0.4, -0.2) is 9.97 Å². The summed E-state index contributed by atoms with van der Waals surface area (Å²) in [5, 5.41) is 0. The second-order valence-corrected chi connectivity index (χ2v) is 8.56. The van der Waals surface area contributed by atoms with Gasteiger partial charge in [0.2, 0.25) is 5.56 Å². The largest absolute Gasteiger partial charge is 0.329 e. The normalized spacial score (nSPS) is 23.2. The van der Waals surface area contributed by atoms with Gasteiger partial charge in [0.05, 0.1) is 5.69 Å². The van der Waals surface area contributed by atoms with E-state index in [0.717, 1.165) is 23.2 Å². The summed E-state index contributed by atoms with van der Waals surface area (Å²) in [6, 6.07) is 12.3. The van der Waals surface area contributed by atoms with E-state index in [1.807, 2.05) is 24.4 Å². The van der Waals surface area contributed by atoms with Crippen molar-refractivity contribution >= 4 is 6.08 Å². The fourth-order valence-corrected chi connectivity index (χ4v) is 5.27. The van der Waals surface area contributed by atoms with E-state index in [9.17, 15) is 9.18 Å². The van der Waals surface area contributed by atoms with Gasteiger partial charge in [-0.3, -0.25) is 9.78 Å². The molecule has 0 bridgehead atoms. The lowest BCUT2D eigenvalue weighted by Gasteiger charge is -2.41. The van der Waals surface area contributed by atoms with Crippen LogP contribution in [0.25, 0.3) is 17.2 Å². The number of rotatable bonds is 3. The molecule has 1 aromatic carbocycles. The van der Waals surface area contributed by atoms with Gasteiger partial charge in [-0.2, -0.15) is 0 Å². The van der Waals surface area contributed by atoms with Crippen LogP contribution in [-0.2, 0) is 6.42 Å². The van der Waals surface area contributed by atoms with Gasteiger partial charge >= 0.3 is 0 Å². The first-order valence-electron chi connectivity index (χ1n) is 10.8. The molecule has 0 aliphatic heterocycles. The van der Waals surface area contributed by atoms with Crippen LogP contribution in [0.1, 0.15) is 48.4 Å². The SMILES string of the molecule is O=c1cc2c(c[nH]1)CC1CCCCC1C2/C=C/c1ccc(-c2cccc(F)c2)cn1. The van der Waals surface area contributed by atoms with Crippen LogP contribution in [0.4, 0.5) is 4.39 Å². The fraction of sp³-hybridized carbons (Fsp3) is 0.308. The molecule has 1 saturated carbocycles. The Morgan fingerprint density at radius 2 is 1.97 bits per heavy atom. The standard InChI is InChI=1S/C26H25FN2O/c27-21-6-3-5-17(13-21)19-8-9-22(28-15-19)10-11-24-23-7-2-1-4-18(23)12-20-16-29-26(30)14-25(20)24/h3,5-6,8-11,13-16,18,23-24H,1-2,4,7,12H2,(H,29,30)/b11-10+. The van der Waals surface area contributed by atoms with E-state index < -0.39 is 0 Å². The number of aromatic amines is 1. The molecule has 0 spiro atoms. The lowest BCUT2D eigenvalue weighted by Crippen LogP contribution is -2.32. The van der Waals surface area contributed by atoms with Crippen molar-refractivity contribution in [2.75, 3.05) is 0 Å². The Labute approximate surface area is 175 Å². The Balaban J connectivity index is 1.44. The third-order valence-electron chi connectivity index (χ3n) is 6.74. The number of allylic oxidation sites excluding steroid dienone is 1. The van der Waals surface area contributed by atoms with Crippen LogP contribution in [0.5, 0.6) is 0 Å². The molecule has 0 saturated heterocycles. The number of halogens is 1. The molecule has 2 heterocycles. The van der Waals surface area contributed by atoms with E-state index in [0.29, 0.717) is 11.8 Å². The first kappa shape index (κ1) is 19.0. The van der Waals surface area contributed by atoms with Gasteiger partial charge in [-0.25, -0.2) is 4.39 Å². The average Bonchev–Trinajstić information content (AvgIpc) is 2.77. The van der Waals surface area contributed by atoms with Gasteiger partial charge in [0.1, 0.15) is 5.82 Å². The number of pyridine rings is 2. The van der Waals surface area contributed by atoms with Crippen molar-refractivity contribution in [2.45, 2.75) is 38.0 Å². The number of nitrogens with zero attached hydrogens (tertiary/aromatic N) is 1. The molecule has 0 amide bonds. The van der Waals surface area contributed by atoms with Gasteiger partial charge in [0.15, 0.2) is 0 Å². The van der Waals surface area contributed by atoms with E-state index in [2.05, 4.69) is 22.1 Å². The van der Waals surface area contributed by atoms with Crippen molar-refractivity contribution in [1.82, 2.24) is 9.97 Å². The second-order valence-electron chi connectivity index (χ2n) is 8.56. The maximum Gasteiger partial charge on any atom is 0.248 e. The van der Waals surface area contributed by atoms with E-state index in [-0.39, 0.29) is 17.3 Å². The summed E-state index contributed by atoms with van der Waals surface area (Å²) in [7, 11) is 0. The molecule has 1 N–H and O–H groups in total. The van der Waals surface area contributed by atoms with E-state index in [4.69, 9.17) is 0 Å². The van der Waals surface area contributed by atoms with Gasteiger partial charge in [-0.05, 0) is 72.1 Å². The highest BCUT2D eigenvalue weighted by atomic mass is 19.1. The number of fused-ring (bicyclic) bond motifs is 2. The number of H-pyrrole nitrogens is 1. The predicted octanol–water partition coefficient (Wildman–Crippen LogP) is 5.74. The molecule has 3 atom stereocenters. The van der Waals surface area contributed by atoms with Crippen molar-refractivity contribution in [2.24, 2.45) is 11.8 Å². The Morgan fingerprint density at radius 1 is 1.07 bits per heavy atom. The topological polar surface area (TPSA) is 45.8 Å². The summed E-state index contributed by atoms with van der Waals surface area (Å²) in [5.41, 5.74) is 5.02. The molecule has 1 fully saturated rings. The Kier molecular flexibility index (Phi) is 5.07. The molecule has 2 aliphatic rings. The third-order valence-corrected chi connectivity index (χ3v) is 6.74. The van der Waals surface area contributed by atoms with Gasteiger partial charge in [-0.1, -0.05) is 37.1 Å². The molecule has 3 aromatic rings. The first-order chi connectivity index (χ1) is 14.7. The number of nitrogens with one attached hydrogen (secondary N) is 1. The van der Waals surface area contributed by atoms with Gasteiger partial charge in [0, 0.05) is 29.9 Å². The van der Waals surface area contributed by atoms with E-state index >= 15 is 0 Å². The zero-order valence-corrected chi connectivity index (χ0v) is 16.9. The minimum absolute atomic E-state index is 0.0287. The van der Waals surface area contributed by atoms with Crippen molar-refractivity contribution in [1.29, 1.82) is 0 Å². The molecule has 30 heavy (non-hydrogen) atoms. The van der Waals surface area contributed by atoms with Crippen LogP contribution in [0.2, 0.25) is 0 Å². The molecular formula is C26H25FN2O. The van der Waals surface area contributed by atoms with Crippen LogP contribution in [0, 0.1) is 17.7 Å². The van der Waals surface area contributed by atoms with Crippen molar-refractivity contribution in [3.05, 3.63) is 93.9 Å². The minimum Gasteiger partial charge on any atom is -0.329 e. The predicted molar refractivity (Wildman–Crippen MR) is 118 cm³/mol. The Morgan fingerprint density at radius 3 is 2.80 bits per heavy atom. The van der Waals surface area contributed by atoms with Crippen LogP contribution in [0.15, 0.2) is 65.7 Å². The van der Waals surface area contributed by atoms with Crippen molar-refractivity contribution in [3.8, 4) is 11.1 Å². The molecule has 4 heteroatoms. The second kappa shape index (κ2) is 8.02. The highest BCUT2D eigenvalue weighted by molar-refractivity contribution is 5.63. The average molecular weight is 400 g/mol. The van der Waals surface area contributed by atoms with Gasteiger partial charge in [-0.15, -0.1) is 0 Å². The number of hydrogen-bond donors (Lipinski definition) is 1. The quantitative estimate of drug-likeness (QED) is 0.610. The van der Waals surface area contributed by atoms with Crippen LogP contribution >= 0.6 is 0 Å². The molecule has 2 aliphatic carbocycles. The zero-order chi connectivity index (χ0) is 20.5. The molecular weight excluding hydrogens is 375 g/mol. The molecule has 3 unspecified atom stereocenters. The monoisotopic (exact) mass is 400 g/mol. The molecule has 3 nitrogen and oxygen atoms in total. The van der Waals surface area contributed by atoms with Gasteiger partial charge < -0.3 is 4.98 Å². The fourth-order valence-electron chi connectivity index (χ4n) is 5.27. The molecule has 152 valence electrons. The Bertz CT molecular complexity index is 1130. The minimum atomic E-state index is -0.246. The lowest BCUT2D eigenvalue weighted by atomic mass is 9.63. The smallest absolute Gasteiger partial charge is 0.248 e. The molecule has 5 rings (SSSR count). The highest BCUT2D eigenvalue weighted by Gasteiger charge is 2.36. The summed E-state index contributed by atoms with van der Waals surface area (Å²) in [6.07, 6.45) is 14.1. The van der Waals surface area contributed by atoms with Crippen molar-refractivity contribution < 1.29 is 4.39 Å². The highest BCUT2D eigenvalue weighted by Crippen LogP contribution is 2.47. The maximum absolute atomic E-state index is 13.5. The van der Waals surface area contributed by atoms with Crippen molar-refractivity contribution in [3.63, 3.8) is 0 Å². The summed E-state index contributed by atoms with van der Waals surface area (Å²) >= 11 is 0. The van der Waals surface area contributed by atoms with E-state index in [1.165, 1.54) is 48.9 Å². The number of aromatic nitrogens is 2. The lowest BCUT2D eigenvalue weighted by molar-refractivity contribution is 0.202. The summed E-state index contributed by atoms with van der Waals surface area (Å²) in [5.74, 6) is 1.29. The summed E-state index contributed by atoms with van der Waals surface area (Å²) in [4.78, 5) is 19.4. The molecule has 2 aromatic heterocycles. The summed E-state index contributed by atoms with van der Waals surface area (Å²) in [6.45, 7) is 0. The summed E-state index contributed by atoms with van der Waals surface area (Å²) < 4.78 is 13.5. The number of benzene rings is 1. The van der Waals surface area contributed by atoms with Gasteiger partial charge in [0.25, 0.3) is 0 Å². The maximum atomic E-state index is 13.5. The van der Waals surface area contributed by atoms with E-state index in [1.54, 1.807) is 18.3 Å².